The first-order valence-electron chi connectivity index (χ1n) is 5.44. The molecule has 0 aromatic heterocycles. The first-order chi connectivity index (χ1) is 6.47. The molecule has 1 amide bonds. The molecule has 78 valence electrons. The van der Waals surface area contributed by atoms with E-state index in [0.717, 1.165) is 0 Å². The predicted octanol–water partition coefficient (Wildman–Crippen LogP) is 1.92. The first kappa shape index (κ1) is 8.57. The highest BCUT2D eigenvalue weighted by atomic mass is 16.6. The summed E-state index contributed by atoms with van der Waals surface area (Å²) in [6.45, 7) is 6.91. The molecule has 0 aromatic rings. The number of nitrogens with one attached hydrogen (secondary N) is 1. The molecule has 1 saturated heterocycles. The van der Waals surface area contributed by atoms with Crippen LogP contribution in [0, 0.1) is 16.7 Å². The number of carbonyl (C=O) groups excluding carboxylic acids is 1. The van der Waals surface area contributed by atoms with Gasteiger partial charge < -0.3 is 10.1 Å². The summed E-state index contributed by atoms with van der Waals surface area (Å²) in [7, 11) is 0. The lowest BCUT2D eigenvalue weighted by atomic mass is 9.70. The molecular formula is C11H17NO2. The van der Waals surface area contributed by atoms with Gasteiger partial charge in [-0.2, -0.15) is 0 Å². The molecule has 0 unspecified atom stereocenters. The van der Waals surface area contributed by atoms with Crippen LogP contribution in [0.3, 0.4) is 0 Å². The fourth-order valence-electron chi connectivity index (χ4n) is 3.97. The van der Waals surface area contributed by atoms with Crippen LogP contribution in [0.25, 0.3) is 0 Å². The number of alkyl carbamates (subject to hydrolysis) is 1. The summed E-state index contributed by atoms with van der Waals surface area (Å²) in [6, 6.07) is 0.274. The number of ether oxygens (including phenoxy) is 1. The van der Waals surface area contributed by atoms with Crippen molar-refractivity contribution in [2.45, 2.75) is 45.8 Å². The van der Waals surface area contributed by atoms with E-state index < -0.39 is 0 Å². The van der Waals surface area contributed by atoms with E-state index in [9.17, 15) is 4.79 Å². The van der Waals surface area contributed by atoms with Crippen LogP contribution in [0.15, 0.2) is 0 Å². The van der Waals surface area contributed by atoms with Gasteiger partial charge >= 0.3 is 6.09 Å². The van der Waals surface area contributed by atoms with Crippen molar-refractivity contribution in [1.82, 2.24) is 5.32 Å². The molecule has 2 bridgehead atoms. The summed E-state index contributed by atoms with van der Waals surface area (Å²) in [5.74, 6) is 0.601. The highest BCUT2D eigenvalue weighted by Crippen LogP contribution is 2.67. The normalized spacial score (nSPS) is 52.8. The van der Waals surface area contributed by atoms with Gasteiger partial charge in [0, 0.05) is 5.41 Å². The van der Waals surface area contributed by atoms with Crippen LogP contribution in [-0.4, -0.2) is 18.2 Å². The van der Waals surface area contributed by atoms with E-state index in [2.05, 4.69) is 26.1 Å². The summed E-state index contributed by atoms with van der Waals surface area (Å²) in [4.78, 5) is 11.2. The lowest BCUT2D eigenvalue weighted by Crippen LogP contribution is -2.40. The van der Waals surface area contributed by atoms with Crippen molar-refractivity contribution in [3.63, 3.8) is 0 Å². The standard InChI is InChI=1S/C11H17NO2/c1-10(2)6-4-5-11(10,3)8-7(6)12-9(13)14-8/h6-8H,4-5H2,1-3H3,(H,12,13)/t6-,7+,8+,11+/m0/s1. The molecule has 2 aliphatic carbocycles. The SMILES string of the molecule is CC1(C)[C@H]2CC[C@]1(C)[C@@H]1OC(=O)N[C@@H]12. The molecule has 0 aromatic carbocycles. The Balaban J connectivity index is 2.06. The molecule has 1 aliphatic heterocycles. The minimum absolute atomic E-state index is 0.115. The van der Waals surface area contributed by atoms with Gasteiger partial charge in [-0.3, -0.25) is 0 Å². The van der Waals surface area contributed by atoms with Gasteiger partial charge in [-0.15, -0.1) is 0 Å². The van der Waals surface area contributed by atoms with E-state index >= 15 is 0 Å². The number of fused-ring (bicyclic) bond motifs is 5. The van der Waals surface area contributed by atoms with E-state index in [1.807, 2.05) is 0 Å². The Morgan fingerprint density at radius 2 is 2.14 bits per heavy atom. The third kappa shape index (κ3) is 0.665. The van der Waals surface area contributed by atoms with Gasteiger partial charge in [0.25, 0.3) is 0 Å². The number of carbonyl (C=O) groups is 1. The summed E-state index contributed by atoms with van der Waals surface area (Å²) < 4.78 is 5.41. The van der Waals surface area contributed by atoms with Crippen LogP contribution in [0.1, 0.15) is 33.6 Å². The Hall–Kier alpha value is -0.730. The molecule has 3 nitrogen and oxygen atoms in total. The third-order valence-corrected chi connectivity index (χ3v) is 5.28. The molecule has 4 atom stereocenters. The molecule has 2 saturated carbocycles. The second-order valence-corrected chi connectivity index (χ2v) is 5.78. The van der Waals surface area contributed by atoms with Crippen LogP contribution in [0.2, 0.25) is 0 Å². The molecule has 3 aliphatic rings. The van der Waals surface area contributed by atoms with Crippen molar-refractivity contribution in [2.24, 2.45) is 16.7 Å². The average molecular weight is 195 g/mol. The number of hydrogen-bond acceptors (Lipinski definition) is 2. The minimum Gasteiger partial charge on any atom is -0.443 e. The number of rotatable bonds is 0. The second-order valence-electron chi connectivity index (χ2n) is 5.78. The fraction of sp³-hybridized carbons (Fsp3) is 0.909. The Kier molecular flexibility index (Phi) is 1.28. The van der Waals surface area contributed by atoms with E-state index in [-0.39, 0.29) is 23.7 Å². The lowest BCUT2D eigenvalue weighted by Gasteiger charge is -2.36. The minimum atomic E-state index is -0.214. The highest BCUT2D eigenvalue weighted by Gasteiger charge is 2.70. The number of hydrogen-bond donors (Lipinski definition) is 1. The monoisotopic (exact) mass is 195 g/mol. The van der Waals surface area contributed by atoms with Gasteiger partial charge in [0.15, 0.2) is 0 Å². The van der Waals surface area contributed by atoms with E-state index in [0.29, 0.717) is 11.3 Å². The zero-order valence-electron chi connectivity index (χ0n) is 8.96. The molecule has 0 radical (unpaired) electrons. The molecule has 1 N–H and O–H groups in total. The van der Waals surface area contributed by atoms with Crippen LogP contribution < -0.4 is 5.32 Å². The Morgan fingerprint density at radius 3 is 2.79 bits per heavy atom. The van der Waals surface area contributed by atoms with Gasteiger partial charge in [0.1, 0.15) is 6.10 Å². The zero-order valence-corrected chi connectivity index (χ0v) is 8.96. The summed E-state index contributed by atoms with van der Waals surface area (Å²) in [5, 5.41) is 2.97. The molecule has 3 fully saturated rings. The Bertz CT molecular complexity index is 312. The van der Waals surface area contributed by atoms with Crippen molar-refractivity contribution in [1.29, 1.82) is 0 Å². The topological polar surface area (TPSA) is 38.3 Å². The van der Waals surface area contributed by atoms with Gasteiger partial charge in [0.2, 0.25) is 0 Å². The molecule has 3 heteroatoms. The summed E-state index contributed by atoms with van der Waals surface area (Å²) in [6.07, 6.45) is 2.33. The Morgan fingerprint density at radius 1 is 1.43 bits per heavy atom. The van der Waals surface area contributed by atoms with E-state index in [4.69, 9.17) is 4.74 Å². The maximum Gasteiger partial charge on any atom is 0.407 e. The van der Waals surface area contributed by atoms with Crippen molar-refractivity contribution >= 4 is 6.09 Å². The average Bonchev–Trinajstić information content (AvgIpc) is 2.59. The van der Waals surface area contributed by atoms with Gasteiger partial charge in [0.05, 0.1) is 6.04 Å². The Labute approximate surface area is 84.2 Å². The zero-order chi connectivity index (χ0) is 10.1. The fourth-order valence-corrected chi connectivity index (χ4v) is 3.97. The molecular weight excluding hydrogens is 178 g/mol. The predicted molar refractivity (Wildman–Crippen MR) is 51.8 cm³/mol. The molecule has 0 spiro atoms. The van der Waals surface area contributed by atoms with E-state index in [1.165, 1.54) is 12.8 Å². The van der Waals surface area contributed by atoms with Crippen LogP contribution in [0.4, 0.5) is 4.79 Å². The van der Waals surface area contributed by atoms with Crippen LogP contribution in [-0.2, 0) is 4.74 Å². The molecule has 14 heavy (non-hydrogen) atoms. The maximum absolute atomic E-state index is 11.2. The summed E-state index contributed by atoms with van der Waals surface area (Å²) in [5.41, 5.74) is 0.484. The quantitative estimate of drug-likeness (QED) is 0.641. The van der Waals surface area contributed by atoms with Crippen molar-refractivity contribution in [2.75, 3.05) is 0 Å². The van der Waals surface area contributed by atoms with Crippen molar-refractivity contribution in [3.05, 3.63) is 0 Å². The van der Waals surface area contributed by atoms with E-state index in [1.54, 1.807) is 0 Å². The van der Waals surface area contributed by atoms with Gasteiger partial charge in [-0.05, 0) is 24.2 Å². The lowest BCUT2D eigenvalue weighted by molar-refractivity contribution is 0.0144. The molecule has 3 rings (SSSR count). The summed E-state index contributed by atoms with van der Waals surface area (Å²) >= 11 is 0. The largest absolute Gasteiger partial charge is 0.443 e. The highest BCUT2D eigenvalue weighted by molar-refractivity contribution is 5.71. The second kappa shape index (κ2) is 2.10. The smallest absolute Gasteiger partial charge is 0.407 e. The number of amides is 1. The van der Waals surface area contributed by atoms with Crippen LogP contribution in [0.5, 0.6) is 0 Å². The van der Waals surface area contributed by atoms with Crippen molar-refractivity contribution in [3.8, 4) is 0 Å². The molecule has 1 heterocycles. The first-order valence-corrected chi connectivity index (χ1v) is 5.44. The van der Waals surface area contributed by atoms with Gasteiger partial charge in [-0.1, -0.05) is 20.8 Å². The third-order valence-electron chi connectivity index (χ3n) is 5.28. The maximum atomic E-state index is 11.2. The van der Waals surface area contributed by atoms with Gasteiger partial charge in [-0.25, -0.2) is 4.79 Å². The van der Waals surface area contributed by atoms with Crippen molar-refractivity contribution < 1.29 is 9.53 Å². The van der Waals surface area contributed by atoms with Crippen LogP contribution >= 0.6 is 0 Å².